The van der Waals surface area contributed by atoms with Gasteiger partial charge < -0.3 is 19.3 Å². The van der Waals surface area contributed by atoms with Crippen molar-refractivity contribution in [2.45, 2.75) is 56.8 Å². The van der Waals surface area contributed by atoms with Gasteiger partial charge in [-0.2, -0.15) is 0 Å². The Labute approximate surface area is 177 Å². The van der Waals surface area contributed by atoms with Crippen molar-refractivity contribution in [2.75, 3.05) is 0 Å². The number of rotatable bonds is 5. The zero-order valence-electron chi connectivity index (χ0n) is 16.8. The Morgan fingerprint density at radius 1 is 1.23 bits per heavy atom. The molecular formula is C22H22N2O7. The Morgan fingerprint density at radius 2 is 2.00 bits per heavy atom. The van der Waals surface area contributed by atoms with Crippen LogP contribution >= 0.6 is 0 Å². The van der Waals surface area contributed by atoms with E-state index in [1.807, 2.05) is 30.3 Å². The van der Waals surface area contributed by atoms with Gasteiger partial charge in [-0.3, -0.25) is 14.2 Å². The molecule has 3 heterocycles. The molecule has 5 rings (SSSR count). The SMILES string of the molecule is Cc1cn([C@@H]2O[C@@]34C(=O)C=CC[C@@H]3O[C@@H]2[C@@H]4O)c(=O)n(COCc2ccccc2)c1=O. The predicted molar refractivity (Wildman–Crippen MR) is 107 cm³/mol. The number of aryl methyl sites for hydroxylation is 1. The highest BCUT2D eigenvalue weighted by Crippen LogP contribution is 2.51. The maximum absolute atomic E-state index is 13.1. The van der Waals surface area contributed by atoms with Crippen molar-refractivity contribution >= 4 is 5.78 Å². The summed E-state index contributed by atoms with van der Waals surface area (Å²) in [5.41, 5.74) is -1.46. The molecule has 1 aromatic carbocycles. The van der Waals surface area contributed by atoms with Crippen molar-refractivity contribution in [3.8, 4) is 0 Å². The van der Waals surface area contributed by atoms with Crippen LogP contribution in [0.5, 0.6) is 0 Å². The second-order valence-corrected chi connectivity index (χ2v) is 8.04. The van der Waals surface area contributed by atoms with Crippen LogP contribution in [0.2, 0.25) is 0 Å². The van der Waals surface area contributed by atoms with E-state index in [4.69, 9.17) is 14.2 Å². The minimum Gasteiger partial charge on any atom is -0.387 e. The fraction of sp³-hybridized carbons (Fsp3) is 0.409. The Kier molecular flexibility index (Phi) is 4.78. The maximum Gasteiger partial charge on any atom is 0.335 e. The second kappa shape index (κ2) is 7.38. The van der Waals surface area contributed by atoms with Gasteiger partial charge in [0.2, 0.25) is 0 Å². The lowest BCUT2D eigenvalue weighted by Crippen LogP contribution is -2.55. The number of nitrogens with zero attached hydrogens (tertiary/aromatic N) is 2. The second-order valence-electron chi connectivity index (χ2n) is 8.04. The van der Waals surface area contributed by atoms with Gasteiger partial charge in [0.05, 0.1) is 6.61 Å². The first-order chi connectivity index (χ1) is 14.9. The summed E-state index contributed by atoms with van der Waals surface area (Å²) >= 11 is 0. The first-order valence-electron chi connectivity index (χ1n) is 10.1. The number of aliphatic hydroxyl groups excluding tert-OH is 1. The summed E-state index contributed by atoms with van der Waals surface area (Å²) in [6.45, 7) is 1.56. The molecule has 1 N–H and O–H groups in total. The highest BCUT2D eigenvalue weighted by molar-refractivity contribution is 6.00. The fourth-order valence-corrected chi connectivity index (χ4v) is 4.56. The third-order valence-electron chi connectivity index (χ3n) is 6.12. The molecule has 2 aliphatic heterocycles. The molecule has 31 heavy (non-hydrogen) atoms. The molecule has 162 valence electrons. The van der Waals surface area contributed by atoms with Crippen LogP contribution in [0.25, 0.3) is 0 Å². The number of carbonyl (C=O) groups is 1. The van der Waals surface area contributed by atoms with E-state index in [0.717, 1.165) is 10.1 Å². The summed E-state index contributed by atoms with van der Waals surface area (Å²) in [5.74, 6) is -0.384. The molecule has 0 radical (unpaired) electrons. The van der Waals surface area contributed by atoms with Crippen LogP contribution in [-0.2, 0) is 32.3 Å². The third kappa shape index (κ3) is 2.96. The fourth-order valence-electron chi connectivity index (χ4n) is 4.56. The zero-order chi connectivity index (χ0) is 21.8. The standard InChI is InChI=1S/C22H22N2O7/c1-13-10-23(20-17-18(26)22(31-20)15(25)8-5-9-16(22)30-17)21(28)24(19(13)27)12-29-11-14-6-3-2-4-7-14/h2-8,10,16-18,20,26H,9,11-12H2,1H3/t16-,17+,18-,20+,22-/m0/s1. The summed E-state index contributed by atoms with van der Waals surface area (Å²) in [6.07, 6.45) is 1.13. The average molecular weight is 426 g/mol. The highest BCUT2D eigenvalue weighted by atomic mass is 16.7. The largest absolute Gasteiger partial charge is 0.387 e. The first-order valence-corrected chi connectivity index (χ1v) is 10.1. The van der Waals surface area contributed by atoms with Crippen molar-refractivity contribution in [3.05, 3.63) is 80.6 Å². The Balaban J connectivity index is 1.45. The molecule has 2 saturated heterocycles. The van der Waals surface area contributed by atoms with Crippen LogP contribution < -0.4 is 11.2 Å². The number of carbonyl (C=O) groups excluding carboxylic acids is 1. The number of ketones is 1. The van der Waals surface area contributed by atoms with E-state index in [1.54, 1.807) is 13.0 Å². The van der Waals surface area contributed by atoms with Gasteiger partial charge in [0.15, 0.2) is 17.6 Å². The number of hydrogen-bond donors (Lipinski definition) is 1. The Hall–Kier alpha value is -2.85. The van der Waals surface area contributed by atoms with Crippen LogP contribution in [0.3, 0.4) is 0 Å². The molecule has 1 spiro atoms. The molecule has 2 fully saturated rings. The number of fused-ring (bicyclic) bond motifs is 1. The molecule has 0 saturated carbocycles. The molecule has 5 atom stereocenters. The lowest BCUT2D eigenvalue weighted by molar-refractivity contribution is -0.210. The van der Waals surface area contributed by atoms with E-state index >= 15 is 0 Å². The molecule has 9 heteroatoms. The quantitative estimate of drug-likeness (QED) is 0.738. The van der Waals surface area contributed by atoms with E-state index in [1.165, 1.54) is 16.8 Å². The summed E-state index contributed by atoms with van der Waals surface area (Å²) in [5, 5.41) is 10.8. The lowest BCUT2D eigenvalue weighted by Gasteiger charge is -2.37. The van der Waals surface area contributed by atoms with Crippen LogP contribution in [0.4, 0.5) is 0 Å². The normalized spacial score (nSPS) is 31.2. The van der Waals surface area contributed by atoms with Crippen molar-refractivity contribution in [1.82, 2.24) is 9.13 Å². The number of aliphatic hydroxyl groups is 1. The highest BCUT2D eigenvalue weighted by Gasteiger charge is 2.70. The van der Waals surface area contributed by atoms with Crippen molar-refractivity contribution < 1.29 is 24.1 Å². The Morgan fingerprint density at radius 3 is 2.77 bits per heavy atom. The summed E-state index contributed by atoms with van der Waals surface area (Å²) < 4.78 is 19.6. The predicted octanol–water partition coefficient (Wildman–Crippen LogP) is 0.418. The first kappa shape index (κ1) is 20.1. The number of benzene rings is 1. The van der Waals surface area contributed by atoms with Crippen LogP contribution in [0.15, 0.2) is 58.3 Å². The van der Waals surface area contributed by atoms with Crippen molar-refractivity contribution in [3.63, 3.8) is 0 Å². The molecule has 0 amide bonds. The topological polar surface area (TPSA) is 109 Å². The summed E-state index contributed by atoms with van der Waals surface area (Å²) in [6, 6.07) is 9.39. The molecule has 2 aromatic rings. The van der Waals surface area contributed by atoms with Crippen molar-refractivity contribution in [1.29, 1.82) is 0 Å². The summed E-state index contributed by atoms with van der Waals surface area (Å²) in [7, 11) is 0. The maximum atomic E-state index is 13.1. The van der Waals surface area contributed by atoms with E-state index in [2.05, 4.69) is 0 Å². The van der Waals surface area contributed by atoms with Gasteiger partial charge >= 0.3 is 5.69 Å². The van der Waals surface area contributed by atoms with Crippen molar-refractivity contribution in [2.24, 2.45) is 0 Å². The van der Waals surface area contributed by atoms with E-state index < -0.39 is 41.4 Å². The smallest absolute Gasteiger partial charge is 0.335 e. The molecule has 2 bridgehead atoms. The van der Waals surface area contributed by atoms with E-state index in [0.29, 0.717) is 12.0 Å². The van der Waals surface area contributed by atoms with Crippen LogP contribution in [-0.4, -0.2) is 43.9 Å². The van der Waals surface area contributed by atoms with Crippen LogP contribution in [0.1, 0.15) is 23.8 Å². The number of hydrogen-bond acceptors (Lipinski definition) is 7. The van der Waals surface area contributed by atoms with Gasteiger partial charge in [0.1, 0.15) is 25.0 Å². The Bertz CT molecular complexity index is 1170. The average Bonchev–Trinajstić information content (AvgIpc) is 3.22. The summed E-state index contributed by atoms with van der Waals surface area (Å²) in [4.78, 5) is 38.3. The van der Waals surface area contributed by atoms with Gasteiger partial charge in [-0.15, -0.1) is 0 Å². The lowest BCUT2D eigenvalue weighted by atomic mass is 9.83. The molecule has 3 aliphatic rings. The van der Waals surface area contributed by atoms with Gasteiger partial charge in [-0.25, -0.2) is 9.36 Å². The van der Waals surface area contributed by atoms with Gasteiger partial charge in [-0.05, 0) is 25.0 Å². The van der Waals surface area contributed by atoms with E-state index in [9.17, 15) is 19.5 Å². The molecule has 1 aromatic heterocycles. The minimum atomic E-state index is -1.53. The van der Waals surface area contributed by atoms with Gasteiger partial charge in [0.25, 0.3) is 5.56 Å². The van der Waals surface area contributed by atoms with Gasteiger partial charge in [0, 0.05) is 11.8 Å². The minimum absolute atomic E-state index is 0.233. The van der Waals surface area contributed by atoms with Gasteiger partial charge in [-0.1, -0.05) is 36.4 Å². The molecule has 0 unspecified atom stereocenters. The third-order valence-corrected chi connectivity index (χ3v) is 6.12. The monoisotopic (exact) mass is 426 g/mol. The molecule has 9 nitrogen and oxygen atoms in total. The molecular weight excluding hydrogens is 404 g/mol. The van der Waals surface area contributed by atoms with Crippen LogP contribution in [0, 0.1) is 6.92 Å². The number of aromatic nitrogens is 2. The number of ether oxygens (including phenoxy) is 3. The van der Waals surface area contributed by atoms with E-state index in [-0.39, 0.29) is 19.1 Å². The molecule has 1 aliphatic carbocycles. The zero-order valence-corrected chi connectivity index (χ0v) is 16.8.